The third-order valence-corrected chi connectivity index (χ3v) is 4.78. The van der Waals surface area contributed by atoms with Gasteiger partial charge in [0.05, 0.1) is 12.2 Å². The molecule has 0 bridgehead atoms. The highest BCUT2D eigenvalue weighted by Gasteiger charge is 2.20. The first kappa shape index (κ1) is 17.8. The van der Waals surface area contributed by atoms with E-state index in [-0.39, 0.29) is 6.04 Å². The Bertz CT molecular complexity index is 499. The molecule has 0 radical (unpaired) electrons. The first-order valence-electron chi connectivity index (χ1n) is 8.61. The fourth-order valence-electron chi connectivity index (χ4n) is 3.20. The highest BCUT2D eigenvalue weighted by atomic mass is 15.3. The Kier molecular flexibility index (Phi) is 6.45. The van der Waals surface area contributed by atoms with Crippen molar-refractivity contribution >= 4 is 5.96 Å². The number of rotatable bonds is 5. The molecule has 1 heterocycles. The van der Waals surface area contributed by atoms with Crippen LogP contribution in [-0.4, -0.2) is 54.4 Å². The maximum Gasteiger partial charge on any atom is 0.191 e. The molecule has 1 aromatic heterocycles. The summed E-state index contributed by atoms with van der Waals surface area (Å²) in [6.07, 6.45) is 9.11. The molecule has 0 saturated heterocycles. The summed E-state index contributed by atoms with van der Waals surface area (Å²) in [5, 5.41) is 11.3. The van der Waals surface area contributed by atoms with Crippen LogP contribution in [0.4, 0.5) is 0 Å². The summed E-state index contributed by atoms with van der Waals surface area (Å²) in [7, 11) is 7.99. The van der Waals surface area contributed by atoms with Gasteiger partial charge < -0.3 is 15.5 Å². The zero-order valence-corrected chi connectivity index (χ0v) is 15.2. The van der Waals surface area contributed by atoms with E-state index in [0.717, 1.165) is 18.4 Å². The highest BCUT2D eigenvalue weighted by molar-refractivity contribution is 5.80. The van der Waals surface area contributed by atoms with Crippen LogP contribution in [0.1, 0.15) is 44.2 Å². The molecule has 1 unspecified atom stereocenters. The maximum atomic E-state index is 4.39. The van der Waals surface area contributed by atoms with Crippen molar-refractivity contribution in [2.24, 2.45) is 18.0 Å². The van der Waals surface area contributed by atoms with Crippen LogP contribution in [0.2, 0.25) is 0 Å². The molecule has 1 atom stereocenters. The second-order valence-electron chi connectivity index (χ2n) is 6.98. The van der Waals surface area contributed by atoms with E-state index in [4.69, 9.17) is 0 Å². The summed E-state index contributed by atoms with van der Waals surface area (Å²) in [4.78, 5) is 6.59. The molecule has 1 saturated carbocycles. The van der Waals surface area contributed by atoms with Crippen LogP contribution in [0.15, 0.2) is 17.4 Å². The number of nitrogens with one attached hydrogen (secondary N) is 2. The van der Waals surface area contributed by atoms with Gasteiger partial charge in [-0.25, -0.2) is 0 Å². The van der Waals surface area contributed by atoms with E-state index in [2.05, 4.69) is 52.8 Å². The minimum absolute atomic E-state index is 0.272. The average Bonchev–Trinajstić information content (AvgIpc) is 2.94. The Morgan fingerprint density at radius 1 is 1.39 bits per heavy atom. The smallest absolute Gasteiger partial charge is 0.191 e. The summed E-state index contributed by atoms with van der Waals surface area (Å²) in [5.74, 6) is 1.77. The van der Waals surface area contributed by atoms with Crippen LogP contribution in [-0.2, 0) is 7.05 Å². The molecular weight excluding hydrogens is 288 g/mol. The van der Waals surface area contributed by atoms with Gasteiger partial charge in [0.1, 0.15) is 0 Å². The number of aliphatic imine (C=N–C) groups is 1. The van der Waals surface area contributed by atoms with Gasteiger partial charge in [0.15, 0.2) is 5.96 Å². The van der Waals surface area contributed by atoms with E-state index in [9.17, 15) is 0 Å². The van der Waals surface area contributed by atoms with Crippen LogP contribution < -0.4 is 10.6 Å². The zero-order valence-electron chi connectivity index (χ0n) is 15.2. The summed E-state index contributed by atoms with van der Waals surface area (Å²) < 4.78 is 1.85. The van der Waals surface area contributed by atoms with Gasteiger partial charge in [0, 0.05) is 38.4 Å². The summed E-state index contributed by atoms with van der Waals surface area (Å²) >= 11 is 0. The standard InChI is InChI=1S/C17H32N6/c1-13-6-8-15(9-7-13)21-17(18-2)19-11-16(22(3)4)14-10-20-23(5)12-14/h10,12-13,15-16H,6-9,11H2,1-5H3,(H2,18,19,21). The number of hydrogen-bond acceptors (Lipinski definition) is 3. The number of likely N-dealkylation sites (N-methyl/N-ethyl adjacent to an activating group) is 1. The second-order valence-corrected chi connectivity index (χ2v) is 6.98. The van der Waals surface area contributed by atoms with Crippen molar-refractivity contribution in [2.45, 2.75) is 44.7 Å². The first-order chi connectivity index (χ1) is 11.0. The number of guanidine groups is 1. The Balaban J connectivity index is 1.88. The molecule has 6 nitrogen and oxygen atoms in total. The van der Waals surface area contributed by atoms with E-state index in [1.54, 1.807) is 0 Å². The topological polar surface area (TPSA) is 57.5 Å². The predicted molar refractivity (Wildman–Crippen MR) is 95.6 cm³/mol. The molecule has 23 heavy (non-hydrogen) atoms. The molecule has 6 heteroatoms. The molecule has 2 N–H and O–H groups in total. The minimum atomic E-state index is 0.272. The van der Waals surface area contributed by atoms with E-state index in [1.165, 1.54) is 31.2 Å². The third kappa shape index (κ3) is 5.23. The molecule has 0 aromatic carbocycles. The highest BCUT2D eigenvalue weighted by Crippen LogP contribution is 2.23. The van der Waals surface area contributed by atoms with Crippen LogP contribution >= 0.6 is 0 Å². The number of aryl methyl sites for hydroxylation is 1. The fraction of sp³-hybridized carbons (Fsp3) is 0.765. The molecule has 1 aliphatic carbocycles. The molecule has 0 spiro atoms. The lowest BCUT2D eigenvalue weighted by molar-refractivity contribution is 0.296. The number of aromatic nitrogens is 2. The zero-order chi connectivity index (χ0) is 16.8. The van der Waals surface area contributed by atoms with Crippen molar-refractivity contribution in [1.29, 1.82) is 0 Å². The van der Waals surface area contributed by atoms with E-state index in [0.29, 0.717) is 6.04 Å². The van der Waals surface area contributed by atoms with Crippen LogP contribution in [0.5, 0.6) is 0 Å². The molecule has 0 amide bonds. The normalized spacial score (nSPS) is 23.8. The SMILES string of the molecule is CN=C(NCC(c1cnn(C)c1)N(C)C)NC1CCC(C)CC1. The molecule has 130 valence electrons. The maximum absolute atomic E-state index is 4.39. The van der Waals surface area contributed by atoms with Crippen molar-refractivity contribution in [2.75, 3.05) is 27.7 Å². The van der Waals surface area contributed by atoms with E-state index < -0.39 is 0 Å². The van der Waals surface area contributed by atoms with E-state index >= 15 is 0 Å². The largest absolute Gasteiger partial charge is 0.354 e. The average molecular weight is 320 g/mol. The predicted octanol–water partition coefficient (Wildman–Crippen LogP) is 1.77. The van der Waals surface area contributed by atoms with Gasteiger partial charge >= 0.3 is 0 Å². The monoisotopic (exact) mass is 320 g/mol. The lowest BCUT2D eigenvalue weighted by Crippen LogP contribution is -2.46. The molecule has 2 rings (SSSR count). The second kappa shape index (κ2) is 8.34. The van der Waals surface area contributed by atoms with Crippen molar-refractivity contribution < 1.29 is 0 Å². The van der Waals surface area contributed by atoms with Gasteiger partial charge in [-0.3, -0.25) is 9.67 Å². The molecule has 1 aromatic rings. The summed E-state index contributed by atoms with van der Waals surface area (Å²) in [5.41, 5.74) is 1.21. The first-order valence-corrected chi connectivity index (χ1v) is 8.61. The Morgan fingerprint density at radius 3 is 2.61 bits per heavy atom. The van der Waals surface area contributed by atoms with Gasteiger partial charge in [-0.1, -0.05) is 6.92 Å². The van der Waals surface area contributed by atoms with Gasteiger partial charge in [-0.15, -0.1) is 0 Å². The Hall–Kier alpha value is -1.56. The fourth-order valence-corrected chi connectivity index (χ4v) is 3.20. The van der Waals surface area contributed by atoms with Gasteiger partial charge in [0.2, 0.25) is 0 Å². The van der Waals surface area contributed by atoms with Crippen molar-refractivity contribution in [3.05, 3.63) is 18.0 Å². The van der Waals surface area contributed by atoms with Crippen LogP contribution in [0, 0.1) is 5.92 Å². The quantitative estimate of drug-likeness (QED) is 0.641. The third-order valence-electron chi connectivity index (χ3n) is 4.78. The van der Waals surface area contributed by atoms with Gasteiger partial charge in [-0.05, 0) is 45.7 Å². The van der Waals surface area contributed by atoms with Crippen molar-refractivity contribution in [3.63, 3.8) is 0 Å². The Morgan fingerprint density at radius 2 is 2.09 bits per heavy atom. The van der Waals surface area contributed by atoms with Gasteiger partial charge in [0.25, 0.3) is 0 Å². The van der Waals surface area contributed by atoms with Crippen molar-refractivity contribution in [1.82, 2.24) is 25.3 Å². The van der Waals surface area contributed by atoms with E-state index in [1.807, 2.05) is 25.0 Å². The number of hydrogen-bond donors (Lipinski definition) is 2. The molecule has 1 fully saturated rings. The Labute approximate surface area is 140 Å². The lowest BCUT2D eigenvalue weighted by Gasteiger charge is -2.29. The molecular formula is C17H32N6. The number of nitrogens with zero attached hydrogens (tertiary/aromatic N) is 4. The summed E-state index contributed by atoms with van der Waals surface area (Å²) in [6, 6.07) is 0.822. The van der Waals surface area contributed by atoms with Crippen LogP contribution in [0.25, 0.3) is 0 Å². The van der Waals surface area contributed by atoms with Crippen molar-refractivity contribution in [3.8, 4) is 0 Å². The minimum Gasteiger partial charge on any atom is -0.354 e. The van der Waals surface area contributed by atoms with Gasteiger partial charge in [-0.2, -0.15) is 5.10 Å². The molecule has 1 aliphatic rings. The lowest BCUT2D eigenvalue weighted by atomic mass is 9.87. The van der Waals surface area contributed by atoms with Crippen LogP contribution in [0.3, 0.4) is 0 Å². The molecule has 0 aliphatic heterocycles. The summed E-state index contributed by atoms with van der Waals surface area (Å²) in [6.45, 7) is 3.15.